The Morgan fingerprint density at radius 1 is 1.28 bits per heavy atom. The Labute approximate surface area is 112 Å². The molecule has 2 fully saturated rings. The van der Waals surface area contributed by atoms with Gasteiger partial charge in [0.2, 0.25) is 0 Å². The van der Waals surface area contributed by atoms with Crippen molar-refractivity contribution in [3.8, 4) is 0 Å². The molecule has 1 heterocycles. The summed E-state index contributed by atoms with van der Waals surface area (Å²) in [5.74, 6) is 0. The summed E-state index contributed by atoms with van der Waals surface area (Å²) in [4.78, 5) is 2.63. The van der Waals surface area contributed by atoms with Crippen LogP contribution in [0.3, 0.4) is 0 Å². The highest BCUT2D eigenvalue weighted by Crippen LogP contribution is 2.20. The van der Waals surface area contributed by atoms with E-state index >= 15 is 0 Å². The monoisotopic (exact) mass is 254 g/mol. The second kappa shape index (κ2) is 7.46. The fraction of sp³-hybridized carbons (Fsp3) is 1.00. The van der Waals surface area contributed by atoms with E-state index in [4.69, 9.17) is 4.74 Å². The Bertz CT molecular complexity index is 225. The first-order valence-corrected chi connectivity index (χ1v) is 7.92. The van der Waals surface area contributed by atoms with E-state index in [0.29, 0.717) is 12.1 Å². The molecule has 1 aliphatic heterocycles. The van der Waals surface area contributed by atoms with Crippen LogP contribution in [0.2, 0.25) is 0 Å². The van der Waals surface area contributed by atoms with Crippen molar-refractivity contribution < 1.29 is 4.74 Å². The maximum atomic E-state index is 5.79. The van der Waals surface area contributed by atoms with Gasteiger partial charge in [0.05, 0.1) is 6.10 Å². The van der Waals surface area contributed by atoms with E-state index in [-0.39, 0.29) is 0 Å². The third kappa shape index (κ3) is 4.52. The quantitative estimate of drug-likeness (QED) is 0.684. The van der Waals surface area contributed by atoms with Crippen LogP contribution in [0.15, 0.2) is 0 Å². The third-order valence-corrected chi connectivity index (χ3v) is 4.23. The van der Waals surface area contributed by atoms with Crippen LogP contribution in [-0.4, -0.2) is 49.3 Å². The van der Waals surface area contributed by atoms with Gasteiger partial charge in [-0.25, -0.2) is 0 Å². The zero-order chi connectivity index (χ0) is 12.8. The van der Waals surface area contributed by atoms with E-state index in [9.17, 15) is 0 Å². The first-order chi connectivity index (χ1) is 8.83. The molecule has 0 aromatic heterocycles. The highest BCUT2D eigenvalue weighted by Gasteiger charge is 2.26. The molecule has 2 rings (SSSR count). The zero-order valence-electron chi connectivity index (χ0n) is 12.2. The summed E-state index contributed by atoms with van der Waals surface area (Å²) in [6, 6.07) is 1.52. The van der Waals surface area contributed by atoms with Gasteiger partial charge in [-0.2, -0.15) is 0 Å². The van der Waals surface area contributed by atoms with Gasteiger partial charge < -0.3 is 10.1 Å². The molecule has 3 nitrogen and oxygen atoms in total. The summed E-state index contributed by atoms with van der Waals surface area (Å²) in [6.45, 7) is 9.00. The van der Waals surface area contributed by atoms with Crippen molar-refractivity contribution in [1.29, 1.82) is 0 Å². The van der Waals surface area contributed by atoms with E-state index in [1.165, 1.54) is 45.1 Å². The number of rotatable bonds is 9. The molecule has 0 radical (unpaired) electrons. The van der Waals surface area contributed by atoms with E-state index in [1.54, 1.807) is 0 Å². The van der Waals surface area contributed by atoms with Crippen molar-refractivity contribution in [3.05, 3.63) is 0 Å². The number of ether oxygens (including phenoxy) is 1. The molecule has 106 valence electrons. The Morgan fingerprint density at radius 3 is 2.67 bits per heavy atom. The lowest BCUT2D eigenvalue weighted by Crippen LogP contribution is -2.46. The molecule has 1 N–H and O–H groups in total. The van der Waals surface area contributed by atoms with Crippen molar-refractivity contribution in [1.82, 2.24) is 10.2 Å². The Hall–Kier alpha value is -0.120. The van der Waals surface area contributed by atoms with Gasteiger partial charge in [0.15, 0.2) is 0 Å². The lowest BCUT2D eigenvalue weighted by molar-refractivity contribution is 0.0569. The van der Waals surface area contributed by atoms with Gasteiger partial charge in [-0.05, 0) is 38.6 Å². The van der Waals surface area contributed by atoms with Crippen molar-refractivity contribution >= 4 is 0 Å². The molecule has 3 heteroatoms. The summed E-state index contributed by atoms with van der Waals surface area (Å²) in [5, 5.41) is 3.70. The molecule has 2 aliphatic rings. The van der Waals surface area contributed by atoms with E-state index in [2.05, 4.69) is 24.1 Å². The van der Waals surface area contributed by atoms with Crippen molar-refractivity contribution in [2.24, 2.45) is 0 Å². The number of nitrogens with one attached hydrogen (secondary N) is 1. The summed E-state index contributed by atoms with van der Waals surface area (Å²) in [6.07, 6.45) is 8.35. The van der Waals surface area contributed by atoms with Gasteiger partial charge in [-0.3, -0.25) is 4.90 Å². The maximum absolute atomic E-state index is 5.79. The van der Waals surface area contributed by atoms with Gasteiger partial charge >= 0.3 is 0 Å². The maximum Gasteiger partial charge on any atom is 0.0702 e. The SMILES string of the molecule is CCCC(CNC1CC1)N(CC)CC1CCCO1. The third-order valence-electron chi connectivity index (χ3n) is 4.23. The number of nitrogens with zero attached hydrogens (tertiary/aromatic N) is 1. The van der Waals surface area contributed by atoms with Gasteiger partial charge in [0, 0.05) is 31.8 Å². The van der Waals surface area contributed by atoms with E-state index < -0.39 is 0 Å². The predicted molar refractivity (Wildman–Crippen MR) is 75.9 cm³/mol. The molecule has 0 amide bonds. The van der Waals surface area contributed by atoms with Crippen LogP contribution in [0.5, 0.6) is 0 Å². The van der Waals surface area contributed by atoms with Crippen molar-refractivity contribution in [2.75, 3.05) is 26.2 Å². The molecule has 1 saturated carbocycles. The largest absolute Gasteiger partial charge is 0.377 e. The van der Waals surface area contributed by atoms with Gasteiger partial charge in [-0.1, -0.05) is 20.3 Å². The summed E-state index contributed by atoms with van der Waals surface area (Å²) < 4.78 is 5.79. The summed E-state index contributed by atoms with van der Waals surface area (Å²) >= 11 is 0. The molecule has 0 aromatic rings. The van der Waals surface area contributed by atoms with Crippen molar-refractivity contribution in [2.45, 2.75) is 70.6 Å². The average molecular weight is 254 g/mol. The lowest BCUT2D eigenvalue weighted by Gasteiger charge is -2.32. The van der Waals surface area contributed by atoms with Gasteiger partial charge in [-0.15, -0.1) is 0 Å². The summed E-state index contributed by atoms with van der Waals surface area (Å²) in [5.41, 5.74) is 0. The second-order valence-corrected chi connectivity index (χ2v) is 5.85. The van der Waals surface area contributed by atoms with Crippen LogP contribution in [0.1, 0.15) is 52.4 Å². The highest BCUT2D eigenvalue weighted by molar-refractivity contribution is 4.85. The van der Waals surface area contributed by atoms with Crippen molar-refractivity contribution in [3.63, 3.8) is 0 Å². The van der Waals surface area contributed by atoms with Crippen LogP contribution in [-0.2, 0) is 4.74 Å². The smallest absolute Gasteiger partial charge is 0.0702 e. The molecule has 0 bridgehead atoms. The van der Waals surface area contributed by atoms with Crippen LogP contribution < -0.4 is 5.32 Å². The fourth-order valence-corrected chi connectivity index (χ4v) is 2.92. The number of likely N-dealkylation sites (N-methyl/N-ethyl adjacent to an activating group) is 1. The van der Waals surface area contributed by atoms with Crippen LogP contribution in [0.4, 0.5) is 0 Å². The van der Waals surface area contributed by atoms with Crippen LogP contribution >= 0.6 is 0 Å². The Balaban J connectivity index is 1.78. The minimum Gasteiger partial charge on any atom is -0.377 e. The normalized spacial score (nSPS) is 25.8. The minimum absolute atomic E-state index is 0.491. The van der Waals surface area contributed by atoms with Crippen LogP contribution in [0.25, 0.3) is 0 Å². The lowest BCUT2D eigenvalue weighted by atomic mass is 10.1. The second-order valence-electron chi connectivity index (χ2n) is 5.85. The molecular formula is C15H30N2O. The molecule has 18 heavy (non-hydrogen) atoms. The topological polar surface area (TPSA) is 24.5 Å². The molecule has 0 aromatic carbocycles. The predicted octanol–water partition coefficient (Wildman–Crippen LogP) is 2.41. The Kier molecular flexibility index (Phi) is 5.93. The number of hydrogen-bond acceptors (Lipinski definition) is 3. The molecule has 2 unspecified atom stereocenters. The zero-order valence-corrected chi connectivity index (χ0v) is 12.2. The first-order valence-electron chi connectivity index (χ1n) is 7.92. The molecule has 1 saturated heterocycles. The van der Waals surface area contributed by atoms with E-state index in [1.807, 2.05) is 0 Å². The number of hydrogen-bond donors (Lipinski definition) is 1. The molecule has 2 atom stereocenters. The fourth-order valence-electron chi connectivity index (χ4n) is 2.92. The Morgan fingerprint density at radius 2 is 2.11 bits per heavy atom. The summed E-state index contributed by atoms with van der Waals surface area (Å²) in [7, 11) is 0. The standard InChI is InChI=1S/C15H30N2O/c1-3-6-14(11-16-13-8-9-13)17(4-2)12-15-7-5-10-18-15/h13-16H,3-12H2,1-2H3. The minimum atomic E-state index is 0.491. The van der Waals surface area contributed by atoms with E-state index in [0.717, 1.165) is 25.7 Å². The van der Waals surface area contributed by atoms with Gasteiger partial charge in [0.25, 0.3) is 0 Å². The molecule has 1 aliphatic carbocycles. The average Bonchev–Trinajstić information content (AvgIpc) is 3.07. The first kappa shape index (κ1) is 14.3. The van der Waals surface area contributed by atoms with Crippen LogP contribution in [0, 0.1) is 0 Å². The van der Waals surface area contributed by atoms with Gasteiger partial charge in [0.1, 0.15) is 0 Å². The molecule has 0 spiro atoms. The highest BCUT2D eigenvalue weighted by atomic mass is 16.5. The molecular weight excluding hydrogens is 224 g/mol.